The van der Waals surface area contributed by atoms with Crippen molar-refractivity contribution in [3.05, 3.63) is 69.4 Å². The molecule has 5 nitrogen and oxygen atoms in total. The first-order valence-corrected chi connectivity index (χ1v) is 10.1. The molecule has 0 aliphatic carbocycles. The molecule has 2 heterocycles. The number of hydrogen-bond acceptors (Lipinski definition) is 4. The maximum Gasteiger partial charge on any atom is 0.308 e. The van der Waals surface area contributed by atoms with E-state index in [9.17, 15) is 14.7 Å². The summed E-state index contributed by atoms with van der Waals surface area (Å²) in [4.78, 5) is 26.0. The standard InChI is InChI=1S/C22H21NO4S/c24-21(20-11-18-13-27-8-7-19(18)28-20)23-12-17(22(25)26)10-14-5-6-15-3-1-2-4-16(15)9-14/h1-6,9,11,17H,7-8,10,12-13H2,(H,23,24)(H,25,26). The number of aliphatic carboxylic acids is 1. The molecule has 6 heteroatoms. The van der Waals surface area contributed by atoms with E-state index >= 15 is 0 Å². The van der Waals surface area contributed by atoms with Crippen LogP contribution >= 0.6 is 11.3 Å². The van der Waals surface area contributed by atoms with Crippen molar-refractivity contribution in [2.24, 2.45) is 5.92 Å². The van der Waals surface area contributed by atoms with Crippen LogP contribution in [0.3, 0.4) is 0 Å². The quantitative estimate of drug-likeness (QED) is 0.668. The zero-order chi connectivity index (χ0) is 19.5. The number of ether oxygens (including phenoxy) is 1. The van der Waals surface area contributed by atoms with Gasteiger partial charge in [-0.1, -0.05) is 42.5 Å². The molecular weight excluding hydrogens is 374 g/mol. The van der Waals surface area contributed by atoms with Crippen molar-refractivity contribution in [1.29, 1.82) is 0 Å². The van der Waals surface area contributed by atoms with Gasteiger partial charge in [0, 0.05) is 17.8 Å². The summed E-state index contributed by atoms with van der Waals surface area (Å²) >= 11 is 1.47. The van der Waals surface area contributed by atoms with Crippen LogP contribution in [0, 0.1) is 5.92 Å². The molecule has 1 unspecified atom stereocenters. The lowest BCUT2D eigenvalue weighted by Gasteiger charge is -2.14. The van der Waals surface area contributed by atoms with E-state index in [-0.39, 0.29) is 12.5 Å². The van der Waals surface area contributed by atoms with Crippen molar-refractivity contribution in [2.75, 3.05) is 13.2 Å². The fourth-order valence-electron chi connectivity index (χ4n) is 3.46. The molecule has 0 fully saturated rings. The SMILES string of the molecule is O=C(NCC(Cc1ccc2ccccc2c1)C(=O)O)c1cc2c(s1)CCOC2. The monoisotopic (exact) mass is 395 g/mol. The first-order valence-electron chi connectivity index (χ1n) is 9.28. The van der Waals surface area contributed by atoms with Crippen LogP contribution in [0.1, 0.15) is 25.7 Å². The van der Waals surface area contributed by atoms with Crippen molar-refractivity contribution >= 4 is 34.0 Å². The highest BCUT2D eigenvalue weighted by molar-refractivity contribution is 7.14. The number of fused-ring (bicyclic) bond motifs is 2. The Balaban J connectivity index is 1.42. The molecular formula is C22H21NO4S. The second kappa shape index (κ2) is 8.12. The Morgan fingerprint density at radius 1 is 1.14 bits per heavy atom. The van der Waals surface area contributed by atoms with Gasteiger partial charge in [0.05, 0.1) is 24.0 Å². The van der Waals surface area contributed by atoms with Crippen LogP contribution < -0.4 is 5.32 Å². The van der Waals surface area contributed by atoms with Gasteiger partial charge in [0.25, 0.3) is 5.91 Å². The first-order chi connectivity index (χ1) is 13.6. The minimum Gasteiger partial charge on any atom is -0.481 e. The van der Waals surface area contributed by atoms with Crippen LogP contribution in [0.5, 0.6) is 0 Å². The van der Waals surface area contributed by atoms with Gasteiger partial charge in [-0.15, -0.1) is 11.3 Å². The minimum absolute atomic E-state index is 0.0973. The second-order valence-electron chi connectivity index (χ2n) is 6.99. The summed E-state index contributed by atoms with van der Waals surface area (Å²) in [5.74, 6) is -1.81. The third-order valence-corrected chi connectivity index (χ3v) is 6.24. The van der Waals surface area contributed by atoms with Crippen LogP contribution in [0.25, 0.3) is 10.8 Å². The summed E-state index contributed by atoms with van der Waals surface area (Å²) in [5.41, 5.74) is 2.01. The first kappa shape index (κ1) is 18.7. The molecule has 1 aromatic heterocycles. The van der Waals surface area contributed by atoms with Gasteiger partial charge in [0.2, 0.25) is 0 Å². The fraction of sp³-hybridized carbons (Fsp3) is 0.273. The highest BCUT2D eigenvalue weighted by Crippen LogP contribution is 2.27. The summed E-state index contributed by atoms with van der Waals surface area (Å²) < 4.78 is 5.41. The van der Waals surface area contributed by atoms with Gasteiger partial charge in [0.15, 0.2) is 0 Å². The lowest BCUT2D eigenvalue weighted by Crippen LogP contribution is -2.33. The van der Waals surface area contributed by atoms with Crippen molar-refractivity contribution < 1.29 is 19.4 Å². The van der Waals surface area contributed by atoms with Crippen LogP contribution in [0.2, 0.25) is 0 Å². The Bertz CT molecular complexity index is 1000. The predicted octanol–water partition coefficient (Wildman–Crippen LogP) is 3.65. The molecule has 28 heavy (non-hydrogen) atoms. The summed E-state index contributed by atoms with van der Waals surface area (Å²) in [6.07, 6.45) is 1.20. The molecule has 0 bridgehead atoms. The van der Waals surface area contributed by atoms with E-state index in [1.807, 2.05) is 48.5 Å². The predicted molar refractivity (Wildman–Crippen MR) is 109 cm³/mol. The molecule has 0 saturated heterocycles. The molecule has 144 valence electrons. The number of thiophene rings is 1. The molecule has 2 aromatic carbocycles. The largest absolute Gasteiger partial charge is 0.481 e. The van der Waals surface area contributed by atoms with Gasteiger partial charge in [-0.25, -0.2) is 0 Å². The van der Waals surface area contributed by atoms with Gasteiger partial charge in [0.1, 0.15) is 0 Å². The molecule has 1 amide bonds. The van der Waals surface area contributed by atoms with E-state index < -0.39 is 11.9 Å². The molecule has 2 N–H and O–H groups in total. The van der Waals surface area contributed by atoms with Crippen LogP contribution in [0.15, 0.2) is 48.5 Å². The van der Waals surface area contributed by atoms with Gasteiger partial charge >= 0.3 is 5.97 Å². The molecule has 1 atom stereocenters. The number of amides is 1. The van der Waals surface area contributed by atoms with E-state index in [1.54, 1.807) is 0 Å². The summed E-state index contributed by atoms with van der Waals surface area (Å²) in [7, 11) is 0. The number of carboxylic acids is 1. The molecule has 0 saturated carbocycles. The Hall–Kier alpha value is -2.70. The summed E-state index contributed by atoms with van der Waals surface area (Å²) in [6.45, 7) is 1.32. The van der Waals surface area contributed by atoms with Gasteiger partial charge in [-0.05, 0) is 34.4 Å². The molecule has 4 rings (SSSR count). The average molecular weight is 395 g/mol. The maximum absolute atomic E-state index is 12.5. The Labute approximate surface area is 167 Å². The number of rotatable bonds is 6. The highest BCUT2D eigenvalue weighted by atomic mass is 32.1. The smallest absolute Gasteiger partial charge is 0.308 e. The number of carbonyl (C=O) groups excluding carboxylic acids is 1. The van der Waals surface area contributed by atoms with Crippen molar-refractivity contribution in [3.8, 4) is 0 Å². The number of carboxylic acid groups (broad SMARTS) is 1. The number of hydrogen-bond donors (Lipinski definition) is 2. The molecule has 3 aromatic rings. The van der Waals surface area contributed by atoms with Crippen molar-refractivity contribution in [3.63, 3.8) is 0 Å². The zero-order valence-corrected chi connectivity index (χ0v) is 16.1. The van der Waals surface area contributed by atoms with Crippen LogP contribution in [-0.2, 0) is 29.0 Å². The van der Waals surface area contributed by atoms with E-state index in [2.05, 4.69) is 5.32 Å². The van der Waals surface area contributed by atoms with Crippen molar-refractivity contribution in [2.45, 2.75) is 19.4 Å². The molecule has 0 spiro atoms. The van der Waals surface area contributed by atoms with E-state index in [4.69, 9.17) is 4.74 Å². The number of benzene rings is 2. The molecule has 1 aliphatic heterocycles. The highest BCUT2D eigenvalue weighted by Gasteiger charge is 2.22. The Morgan fingerprint density at radius 3 is 2.75 bits per heavy atom. The third kappa shape index (κ3) is 4.08. The van der Waals surface area contributed by atoms with E-state index in [1.165, 1.54) is 16.2 Å². The van der Waals surface area contributed by atoms with Crippen LogP contribution in [-0.4, -0.2) is 30.1 Å². The van der Waals surface area contributed by atoms with Gasteiger partial charge < -0.3 is 15.2 Å². The van der Waals surface area contributed by atoms with Gasteiger partial charge in [-0.3, -0.25) is 9.59 Å². The number of carbonyl (C=O) groups is 2. The Morgan fingerprint density at radius 2 is 1.96 bits per heavy atom. The lowest BCUT2D eigenvalue weighted by atomic mass is 9.97. The fourth-order valence-corrected chi connectivity index (χ4v) is 4.53. The Kier molecular flexibility index (Phi) is 5.41. The zero-order valence-electron chi connectivity index (χ0n) is 15.3. The lowest BCUT2D eigenvalue weighted by molar-refractivity contribution is -0.141. The molecule has 1 aliphatic rings. The maximum atomic E-state index is 12.5. The van der Waals surface area contributed by atoms with E-state index in [0.717, 1.165) is 28.3 Å². The normalized spacial score (nSPS) is 14.4. The van der Waals surface area contributed by atoms with Crippen molar-refractivity contribution in [1.82, 2.24) is 5.32 Å². The summed E-state index contributed by atoms with van der Waals surface area (Å²) in [5, 5.41) is 14.6. The average Bonchev–Trinajstić information content (AvgIpc) is 3.15. The topological polar surface area (TPSA) is 75.6 Å². The third-order valence-electron chi connectivity index (χ3n) is 5.01. The second-order valence-corrected chi connectivity index (χ2v) is 8.13. The van der Waals surface area contributed by atoms with Crippen LogP contribution in [0.4, 0.5) is 0 Å². The molecule has 0 radical (unpaired) electrons. The summed E-state index contributed by atoms with van der Waals surface area (Å²) in [6, 6.07) is 15.8. The van der Waals surface area contributed by atoms with Gasteiger partial charge in [-0.2, -0.15) is 0 Å². The minimum atomic E-state index is -0.910. The number of nitrogens with one attached hydrogen (secondary N) is 1. The van der Waals surface area contributed by atoms with E-state index in [0.29, 0.717) is 24.5 Å².